The largest absolute Gasteiger partial charge is 0.465 e. The Morgan fingerprint density at radius 1 is 0.897 bits per heavy atom. The fourth-order valence-corrected chi connectivity index (χ4v) is 3.49. The third-order valence-electron chi connectivity index (χ3n) is 4.89. The Kier molecular flexibility index (Phi) is 6.84. The fraction of sp³-hybridized carbons (Fsp3) is 0.318. The lowest BCUT2D eigenvalue weighted by molar-refractivity contribution is -0.121. The average Bonchev–Trinajstić information content (AvgIpc) is 2.71. The minimum absolute atomic E-state index is 0.0549. The number of aromatic amines is 1. The molecule has 0 radical (unpaired) electrons. The lowest BCUT2D eigenvalue weighted by atomic mass is 10.00. The van der Waals surface area contributed by atoms with Crippen molar-refractivity contribution in [1.82, 2.24) is 15.6 Å². The molecule has 29 heavy (non-hydrogen) atoms. The van der Waals surface area contributed by atoms with Gasteiger partial charge in [-0.2, -0.15) is 0 Å². The molecule has 0 spiro atoms. The van der Waals surface area contributed by atoms with Gasteiger partial charge in [0.2, 0.25) is 5.91 Å². The predicted octanol–water partition coefficient (Wildman–Crippen LogP) is 3.17. The van der Waals surface area contributed by atoms with E-state index in [1.807, 2.05) is 42.5 Å². The zero-order valence-corrected chi connectivity index (χ0v) is 16.2. The van der Waals surface area contributed by atoms with E-state index in [1.165, 1.54) is 0 Å². The van der Waals surface area contributed by atoms with Crippen LogP contribution in [0.4, 0.5) is 4.79 Å². The van der Waals surface area contributed by atoms with Crippen molar-refractivity contribution in [2.75, 3.05) is 13.1 Å². The zero-order valence-electron chi connectivity index (χ0n) is 16.2. The van der Waals surface area contributed by atoms with Gasteiger partial charge in [-0.25, -0.2) is 4.79 Å². The molecule has 0 unspecified atom stereocenters. The number of pyridine rings is 1. The van der Waals surface area contributed by atoms with Crippen LogP contribution >= 0.6 is 0 Å². The number of amides is 2. The summed E-state index contributed by atoms with van der Waals surface area (Å²) in [7, 11) is 0. The minimum Gasteiger partial charge on any atom is -0.465 e. The number of carboxylic acid groups (broad SMARTS) is 1. The van der Waals surface area contributed by atoms with E-state index in [0.717, 1.165) is 47.7 Å². The van der Waals surface area contributed by atoms with E-state index in [1.54, 1.807) is 0 Å². The summed E-state index contributed by atoms with van der Waals surface area (Å²) in [5.41, 5.74) is 2.77. The standard InChI is InChI=1S/C22H25N3O4/c26-19(23-13-14-24-22(28)29)12-3-1-2-7-15-8-6-11-18-20(15)21(27)16-9-4-5-10-17(16)25-18/h4-6,8-11,24H,1-3,7,12-14H2,(H,23,26)(H,25,27)(H,28,29). The second-order valence-corrected chi connectivity index (χ2v) is 6.98. The molecule has 0 saturated carbocycles. The minimum atomic E-state index is -1.10. The van der Waals surface area contributed by atoms with Crippen molar-refractivity contribution in [2.24, 2.45) is 0 Å². The molecule has 1 heterocycles. The molecule has 2 aromatic carbocycles. The van der Waals surface area contributed by atoms with Gasteiger partial charge in [-0.1, -0.05) is 30.7 Å². The Morgan fingerprint density at radius 2 is 1.66 bits per heavy atom. The summed E-state index contributed by atoms with van der Waals surface area (Å²) < 4.78 is 0. The number of unbranched alkanes of at least 4 members (excludes halogenated alkanes) is 2. The number of rotatable bonds is 9. The molecule has 0 fully saturated rings. The summed E-state index contributed by atoms with van der Waals surface area (Å²) in [6.07, 6.45) is 2.61. The number of aromatic nitrogens is 1. The van der Waals surface area contributed by atoms with Crippen LogP contribution in [-0.4, -0.2) is 35.2 Å². The van der Waals surface area contributed by atoms with Crippen LogP contribution in [0.25, 0.3) is 21.8 Å². The third kappa shape index (κ3) is 5.34. The van der Waals surface area contributed by atoms with Gasteiger partial charge in [0.15, 0.2) is 5.43 Å². The first-order valence-electron chi connectivity index (χ1n) is 9.82. The Bertz CT molecular complexity index is 1070. The highest BCUT2D eigenvalue weighted by Crippen LogP contribution is 2.20. The molecule has 0 bridgehead atoms. The van der Waals surface area contributed by atoms with E-state index < -0.39 is 6.09 Å². The molecule has 0 atom stereocenters. The van der Waals surface area contributed by atoms with Gasteiger partial charge in [-0.05, 0) is 43.0 Å². The van der Waals surface area contributed by atoms with E-state index in [-0.39, 0.29) is 24.4 Å². The third-order valence-corrected chi connectivity index (χ3v) is 4.89. The number of hydrogen-bond acceptors (Lipinski definition) is 3. The second kappa shape index (κ2) is 9.73. The molecule has 0 aliphatic rings. The van der Waals surface area contributed by atoms with Crippen molar-refractivity contribution < 1.29 is 14.7 Å². The molecule has 1 aromatic heterocycles. The van der Waals surface area contributed by atoms with E-state index in [0.29, 0.717) is 11.8 Å². The number of benzene rings is 2. The maximum absolute atomic E-state index is 12.9. The van der Waals surface area contributed by atoms with Gasteiger partial charge >= 0.3 is 6.09 Å². The Labute approximate surface area is 168 Å². The molecule has 3 aromatic rings. The first-order chi connectivity index (χ1) is 14.1. The monoisotopic (exact) mass is 395 g/mol. The molecule has 7 heteroatoms. The highest BCUT2D eigenvalue weighted by Gasteiger charge is 2.09. The normalized spacial score (nSPS) is 10.9. The maximum atomic E-state index is 12.9. The van der Waals surface area contributed by atoms with E-state index in [4.69, 9.17) is 5.11 Å². The smallest absolute Gasteiger partial charge is 0.404 e. The molecular weight excluding hydrogens is 370 g/mol. The van der Waals surface area contributed by atoms with Crippen molar-refractivity contribution in [3.05, 3.63) is 58.3 Å². The van der Waals surface area contributed by atoms with Crippen LogP contribution in [0.5, 0.6) is 0 Å². The van der Waals surface area contributed by atoms with Crippen LogP contribution in [-0.2, 0) is 11.2 Å². The van der Waals surface area contributed by atoms with E-state index in [2.05, 4.69) is 15.6 Å². The SMILES string of the molecule is O=C(O)NCCNC(=O)CCCCCc1cccc2[nH]c3ccccc3c(=O)c12. The van der Waals surface area contributed by atoms with Gasteiger partial charge in [0, 0.05) is 35.8 Å². The fourth-order valence-electron chi connectivity index (χ4n) is 3.49. The Hall–Kier alpha value is -3.35. The van der Waals surface area contributed by atoms with Crippen LogP contribution in [0.3, 0.4) is 0 Å². The number of fused-ring (bicyclic) bond motifs is 2. The number of H-pyrrole nitrogens is 1. The van der Waals surface area contributed by atoms with Crippen LogP contribution in [0.15, 0.2) is 47.3 Å². The van der Waals surface area contributed by atoms with Crippen molar-refractivity contribution >= 4 is 33.8 Å². The summed E-state index contributed by atoms with van der Waals surface area (Å²) >= 11 is 0. The first-order valence-corrected chi connectivity index (χ1v) is 9.82. The summed E-state index contributed by atoms with van der Waals surface area (Å²) in [4.78, 5) is 38.3. The molecule has 0 saturated heterocycles. The quantitative estimate of drug-likeness (QED) is 0.329. The zero-order chi connectivity index (χ0) is 20.6. The van der Waals surface area contributed by atoms with Crippen molar-refractivity contribution in [1.29, 1.82) is 0 Å². The molecular formula is C22H25N3O4. The van der Waals surface area contributed by atoms with Gasteiger partial charge in [-0.15, -0.1) is 0 Å². The topological polar surface area (TPSA) is 111 Å². The van der Waals surface area contributed by atoms with Gasteiger partial charge in [0.25, 0.3) is 0 Å². The lowest BCUT2D eigenvalue weighted by Gasteiger charge is -2.08. The average molecular weight is 395 g/mol. The number of hydrogen-bond donors (Lipinski definition) is 4. The van der Waals surface area contributed by atoms with Crippen molar-refractivity contribution in [3.8, 4) is 0 Å². The van der Waals surface area contributed by atoms with Crippen LogP contribution < -0.4 is 16.1 Å². The highest BCUT2D eigenvalue weighted by molar-refractivity contribution is 5.94. The predicted molar refractivity (Wildman–Crippen MR) is 113 cm³/mol. The Balaban J connectivity index is 1.52. The Morgan fingerprint density at radius 3 is 2.48 bits per heavy atom. The molecule has 4 N–H and O–H groups in total. The number of aryl methyl sites for hydroxylation is 1. The summed E-state index contributed by atoms with van der Waals surface area (Å²) in [5, 5.41) is 14.8. The molecule has 7 nitrogen and oxygen atoms in total. The van der Waals surface area contributed by atoms with E-state index >= 15 is 0 Å². The van der Waals surface area contributed by atoms with Crippen molar-refractivity contribution in [3.63, 3.8) is 0 Å². The van der Waals surface area contributed by atoms with Gasteiger partial charge < -0.3 is 20.7 Å². The number of para-hydroxylation sites is 1. The van der Waals surface area contributed by atoms with Gasteiger partial charge in [-0.3, -0.25) is 9.59 Å². The lowest BCUT2D eigenvalue weighted by Crippen LogP contribution is -2.33. The highest BCUT2D eigenvalue weighted by atomic mass is 16.4. The number of nitrogens with one attached hydrogen (secondary N) is 3. The van der Waals surface area contributed by atoms with Gasteiger partial charge in [0.05, 0.1) is 5.52 Å². The van der Waals surface area contributed by atoms with E-state index in [9.17, 15) is 14.4 Å². The van der Waals surface area contributed by atoms with Crippen LogP contribution in [0, 0.1) is 0 Å². The molecule has 0 aliphatic heterocycles. The number of carbonyl (C=O) groups excluding carboxylic acids is 1. The van der Waals surface area contributed by atoms with Crippen molar-refractivity contribution in [2.45, 2.75) is 32.1 Å². The molecule has 3 rings (SSSR count). The maximum Gasteiger partial charge on any atom is 0.404 e. The first kappa shape index (κ1) is 20.4. The molecule has 2 amide bonds. The van der Waals surface area contributed by atoms with Crippen LogP contribution in [0.1, 0.15) is 31.2 Å². The summed E-state index contributed by atoms with van der Waals surface area (Å²) in [6.45, 7) is 0.489. The second-order valence-electron chi connectivity index (χ2n) is 6.98. The van der Waals surface area contributed by atoms with Gasteiger partial charge in [0.1, 0.15) is 0 Å². The summed E-state index contributed by atoms with van der Waals surface area (Å²) in [6, 6.07) is 13.4. The number of carbonyl (C=O) groups is 2. The summed E-state index contributed by atoms with van der Waals surface area (Å²) in [5.74, 6) is -0.0785. The van der Waals surface area contributed by atoms with Crippen LogP contribution in [0.2, 0.25) is 0 Å². The molecule has 0 aliphatic carbocycles. The molecule has 152 valence electrons.